The zero-order valence-corrected chi connectivity index (χ0v) is 9.54. The average molecular weight is 235 g/mol. The Morgan fingerprint density at radius 3 is 2.44 bits per heavy atom. The van der Waals surface area contributed by atoms with E-state index in [-0.39, 0.29) is 11.2 Å². The van der Waals surface area contributed by atoms with E-state index in [1.165, 1.54) is 18.9 Å². The molecule has 2 aromatic carbocycles. The minimum atomic E-state index is -0.168. The molecule has 1 atom stereocenters. The molecule has 2 aromatic rings. The summed E-state index contributed by atoms with van der Waals surface area (Å²) < 4.78 is 13.6. The van der Waals surface area contributed by atoms with E-state index in [2.05, 4.69) is 0 Å². The Morgan fingerprint density at radius 1 is 1.06 bits per heavy atom. The molecule has 82 valence electrons. The third kappa shape index (κ3) is 1.60. The Labute approximate surface area is 99.0 Å². The van der Waals surface area contributed by atoms with E-state index in [9.17, 15) is 4.39 Å². The molecule has 0 radical (unpaired) electrons. The van der Waals surface area contributed by atoms with Gasteiger partial charge in [0.05, 0.1) is 5.38 Å². The second-order valence-electron chi connectivity index (χ2n) is 4.42. The van der Waals surface area contributed by atoms with Gasteiger partial charge >= 0.3 is 0 Å². The summed E-state index contributed by atoms with van der Waals surface area (Å²) in [5.74, 6) is 0.412. The first-order chi connectivity index (χ1) is 7.77. The SMILES string of the molecule is Fc1ccc(C(Cl)C2CC2)c2ccccc12. The van der Waals surface area contributed by atoms with Crippen molar-refractivity contribution in [3.63, 3.8) is 0 Å². The summed E-state index contributed by atoms with van der Waals surface area (Å²) in [5, 5.41) is 1.66. The van der Waals surface area contributed by atoms with Crippen LogP contribution in [0.5, 0.6) is 0 Å². The second-order valence-corrected chi connectivity index (χ2v) is 4.89. The maximum absolute atomic E-state index is 13.6. The monoisotopic (exact) mass is 234 g/mol. The first-order valence-corrected chi connectivity index (χ1v) is 6.02. The molecule has 0 nitrogen and oxygen atoms in total. The first kappa shape index (κ1) is 10.1. The number of benzene rings is 2. The van der Waals surface area contributed by atoms with Crippen LogP contribution in [0.25, 0.3) is 10.8 Å². The van der Waals surface area contributed by atoms with Gasteiger partial charge in [-0.15, -0.1) is 11.6 Å². The lowest BCUT2D eigenvalue weighted by Crippen LogP contribution is -1.95. The van der Waals surface area contributed by atoms with Gasteiger partial charge in [0.25, 0.3) is 0 Å². The molecule has 1 fully saturated rings. The number of alkyl halides is 1. The van der Waals surface area contributed by atoms with Crippen LogP contribution >= 0.6 is 11.6 Å². The van der Waals surface area contributed by atoms with Gasteiger partial charge in [0.1, 0.15) is 5.82 Å². The van der Waals surface area contributed by atoms with Gasteiger partial charge in [-0.1, -0.05) is 30.3 Å². The molecule has 0 saturated heterocycles. The minimum absolute atomic E-state index is 0.0329. The highest BCUT2D eigenvalue weighted by atomic mass is 35.5. The van der Waals surface area contributed by atoms with Gasteiger partial charge in [-0.05, 0) is 35.8 Å². The lowest BCUT2D eigenvalue weighted by molar-refractivity contribution is 0.639. The maximum Gasteiger partial charge on any atom is 0.131 e. The van der Waals surface area contributed by atoms with E-state index < -0.39 is 0 Å². The summed E-state index contributed by atoms with van der Waals surface area (Å²) in [5.41, 5.74) is 1.07. The van der Waals surface area contributed by atoms with Crippen LogP contribution in [-0.4, -0.2) is 0 Å². The fourth-order valence-electron chi connectivity index (χ4n) is 2.17. The number of hydrogen-bond acceptors (Lipinski definition) is 0. The van der Waals surface area contributed by atoms with Crippen molar-refractivity contribution in [1.29, 1.82) is 0 Å². The van der Waals surface area contributed by atoms with Crippen molar-refractivity contribution in [2.24, 2.45) is 5.92 Å². The van der Waals surface area contributed by atoms with Gasteiger partial charge in [-0.2, -0.15) is 0 Å². The first-order valence-electron chi connectivity index (χ1n) is 5.58. The van der Waals surface area contributed by atoms with Gasteiger partial charge in [0.2, 0.25) is 0 Å². The van der Waals surface area contributed by atoms with Crippen LogP contribution in [0.1, 0.15) is 23.8 Å². The topological polar surface area (TPSA) is 0 Å². The highest BCUT2D eigenvalue weighted by Crippen LogP contribution is 2.46. The molecular weight excluding hydrogens is 223 g/mol. The van der Waals surface area contributed by atoms with E-state index in [0.717, 1.165) is 10.9 Å². The van der Waals surface area contributed by atoms with Crippen LogP contribution in [0.15, 0.2) is 36.4 Å². The van der Waals surface area contributed by atoms with Crippen LogP contribution in [0.3, 0.4) is 0 Å². The molecule has 1 aliphatic carbocycles. The number of rotatable bonds is 2. The molecule has 1 aliphatic rings. The lowest BCUT2D eigenvalue weighted by Gasteiger charge is -2.12. The molecule has 0 heterocycles. The van der Waals surface area contributed by atoms with Crippen molar-refractivity contribution in [3.8, 4) is 0 Å². The van der Waals surface area contributed by atoms with E-state index in [1.807, 2.05) is 30.3 Å². The Hall–Kier alpha value is -1.08. The van der Waals surface area contributed by atoms with Crippen molar-refractivity contribution < 1.29 is 4.39 Å². The zero-order chi connectivity index (χ0) is 11.1. The van der Waals surface area contributed by atoms with E-state index in [1.54, 1.807) is 0 Å². The van der Waals surface area contributed by atoms with Crippen LogP contribution in [0, 0.1) is 11.7 Å². The molecule has 1 unspecified atom stereocenters. The quantitative estimate of drug-likeness (QED) is 0.663. The van der Waals surface area contributed by atoms with Crippen molar-refractivity contribution in [2.75, 3.05) is 0 Å². The summed E-state index contributed by atoms with van der Waals surface area (Å²) in [6.07, 6.45) is 2.39. The Morgan fingerprint density at radius 2 is 1.75 bits per heavy atom. The largest absolute Gasteiger partial charge is 0.206 e. The summed E-state index contributed by atoms with van der Waals surface area (Å²) in [6, 6.07) is 10.9. The fraction of sp³-hybridized carbons (Fsp3) is 0.286. The molecule has 0 aliphatic heterocycles. The zero-order valence-electron chi connectivity index (χ0n) is 8.79. The smallest absolute Gasteiger partial charge is 0.131 e. The van der Waals surface area contributed by atoms with Crippen molar-refractivity contribution in [2.45, 2.75) is 18.2 Å². The molecule has 0 spiro atoms. The highest BCUT2D eigenvalue weighted by Gasteiger charge is 2.31. The predicted octanol–water partition coefficient (Wildman–Crippen LogP) is 4.67. The Balaban J connectivity index is 2.20. The van der Waals surface area contributed by atoms with Gasteiger partial charge in [0, 0.05) is 5.39 Å². The van der Waals surface area contributed by atoms with Crippen molar-refractivity contribution >= 4 is 22.4 Å². The summed E-state index contributed by atoms with van der Waals surface area (Å²) in [4.78, 5) is 0. The van der Waals surface area contributed by atoms with Crippen LogP contribution in [-0.2, 0) is 0 Å². The van der Waals surface area contributed by atoms with Gasteiger partial charge in [-0.25, -0.2) is 4.39 Å². The number of fused-ring (bicyclic) bond motifs is 1. The molecule has 0 N–H and O–H groups in total. The summed E-state index contributed by atoms with van der Waals surface area (Å²) in [6.45, 7) is 0. The van der Waals surface area contributed by atoms with E-state index in [0.29, 0.717) is 11.3 Å². The second kappa shape index (κ2) is 3.74. The van der Waals surface area contributed by atoms with E-state index in [4.69, 9.17) is 11.6 Å². The lowest BCUT2D eigenvalue weighted by atomic mass is 9.99. The average Bonchev–Trinajstić information content (AvgIpc) is 3.13. The normalized spacial score (nSPS) is 17.6. The summed E-state index contributed by atoms with van der Waals surface area (Å²) >= 11 is 6.41. The predicted molar refractivity (Wildman–Crippen MR) is 65.2 cm³/mol. The molecule has 1 saturated carbocycles. The van der Waals surface area contributed by atoms with Crippen molar-refractivity contribution in [1.82, 2.24) is 0 Å². The number of halogens is 2. The maximum atomic E-state index is 13.6. The van der Waals surface area contributed by atoms with E-state index >= 15 is 0 Å². The number of hydrogen-bond donors (Lipinski definition) is 0. The van der Waals surface area contributed by atoms with Gasteiger partial charge < -0.3 is 0 Å². The third-order valence-electron chi connectivity index (χ3n) is 3.24. The van der Waals surface area contributed by atoms with Crippen LogP contribution in [0.4, 0.5) is 4.39 Å². The third-order valence-corrected chi connectivity index (χ3v) is 3.83. The molecule has 0 aromatic heterocycles. The fourth-order valence-corrected chi connectivity index (χ4v) is 2.61. The van der Waals surface area contributed by atoms with Gasteiger partial charge in [0.15, 0.2) is 0 Å². The Kier molecular flexibility index (Phi) is 2.36. The molecule has 16 heavy (non-hydrogen) atoms. The van der Waals surface area contributed by atoms with Crippen molar-refractivity contribution in [3.05, 3.63) is 47.8 Å². The minimum Gasteiger partial charge on any atom is -0.206 e. The highest BCUT2D eigenvalue weighted by molar-refractivity contribution is 6.22. The summed E-state index contributed by atoms with van der Waals surface area (Å²) in [7, 11) is 0. The Bertz CT molecular complexity index is 531. The standard InChI is InChI=1S/C14H12ClF/c15-14(9-5-6-9)12-7-8-13(16)11-4-2-1-3-10(11)12/h1-4,7-9,14H,5-6H2. The van der Waals surface area contributed by atoms with Gasteiger partial charge in [-0.3, -0.25) is 0 Å². The molecule has 0 amide bonds. The van der Waals surface area contributed by atoms with Crippen LogP contribution < -0.4 is 0 Å². The molecule has 3 rings (SSSR count). The molecule has 0 bridgehead atoms. The molecular formula is C14H12ClF. The van der Waals surface area contributed by atoms with Crippen LogP contribution in [0.2, 0.25) is 0 Å². The molecule has 2 heteroatoms.